The largest absolute Gasteiger partial charge is 0.356 e. The zero-order valence-electron chi connectivity index (χ0n) is 13.6. The summed E-state index contributed by atoms with van der Waals surface area (Å²) in [7, 11) is 1.76. The number of hydrogen-bond donors (Lipinski definition) is 2. The number of nitrogens with one attached hydrogen (secondary N) is 2. The summed E-state index contributed by atoms with van der Waals surface area (Å²) in [5.74, 6) is 1.48. The number of nitrogens with zero attached hydrogens (tertiary/aromatic N) is 3. The molecule has 0 unspecified atom stereocenters. The fourth-order valence-corrected chi connectivity index (χ4v) is 2.74. The van der Waals surface area contributed by atoms with Crippen LogP contribution in [0.5, 0.6) is 0 Å². The second-order valence-electron chi connectivity index (χ2n) is 4.85. The van der Waals surface area contributed by atoms with E-state index in [-0.39, 0.29) is 29.8 Å². The van der Waals surface area contributed by atoms with E-state index in [9.17, 15) is 4.39 Å². The second-order valence-corrected chi connectivity index (χ2v) is 6.02. The molecule has 0 atom stereocenters. The molecule has 0 fully saturated rings. The highest BCUT2D eigenvalue weighted by molar-refractivity contribution is 14.0. The van der Waals surface area contributed by atoms with E-state index in [4.69, 9.17) is 0 Å². The topological polar surface area (TPSA) is 54.2 Å². The maximum Gasteiger partial charge on any atom is 0.191 e. The van der Waals surface area contributed by atoms with Gasteiger partial charge in [-0.15, -0.1) is 35.7 Å². The van der Waals surface area contributed by atoms with Gasteiger partial charge in [0.1, 0.15) is 5.82 Å². The molecule has 0 saturated carbocycles. The minimum absolute atomic E-state index is 0. The summed E-state index contributed by atoms with van der Waals surface area (Å²) in [6.07, 6.45) is 4.72. The summed E-state index contributed by atoms with van der Waals surface area (Å²) in [4.78, 5) is 5.26. The highest BCUT2D eigenvalue weighted by atomic mass is 127. The molecule has 0 aliphatic heterocycles. The van der Waals surface area contributed by atoms with Gasteiger partial charge < -0.3 is 10.6 Å². The van der Waals surface area contributed by atoms with Crippen LogP contribution in [0.3, 0.4) is 0 Å². The molecule has 2 rings (SSSR count). The molecule has 2 aromatic rings. The minimum atomic E-state index is -0.202. The molecule has 0 amide bonds. The third-order valence-electron chi connectivity index (χ3n) is 3.12. The molecule has 1 heterocycles. The molecular formula is C16H23FIN5S. The quantitative estimate of drug-likeness (QED) is 0.208. The van der Waals surface area contributed by atoms with Crippen LogP contribution in [-0.4, -0.2) is 41.6 Å². The maximum atomic E-state index is 12.8. The highest BCUT2D eigenvalue weighted by Gasteiger charge is 1.99. The van der Waals surface area contributed by atoms with Crippen LogP contribution in [0.15, 0.2) is 52.6 Å². The van der Waals surface area contributed by atoms with Crippen molar-refractivity contribution in [3.63, 3.8) is 0 Å². The van der Waals surface area contributed by atoms with E-state index in [1.54, 1.807) is 37.1 Å². The normalized spacial score (nSPS) is 11.0. The monoisotopic (exact) mass is 463 g/mol. The van der Waals surface area contributed by atoms with Crippen molar-refractivity contribution in [3.05, 3.63) is 48.5 Å². The van der Waals surface area contributed by atoms with Crippen molar-refractivity contribution in [1.29, 1.82) is 0 Å². The molecule has 0 aliphatic rings. The standard InChI is InChI=1S/C16H22FN5S.HI/c1-18-16(19-8-2-11-22-12-3-9-21-22)20-10-13-23-15-6-4-14(17)5-7-15;/h3-7,9,12H,2,8,10-11,13H2,1H3,(H2,18,19,20);1H. The Hall–Kier alpha value is -1.29. The lowest BCUT2D eigenvalue weighted by atomic mass is 10.4. The van der Waals surface area contributed by atoms with Crippen molar-refractivity contribution in [1.82, 2.24) is 20.4 Å². The van der Waals surface area contributed by atoms with Crippen LogP contribution < -0.4 is 10.6 Å². The molecule has 0 aliphatic carbocycles. The van der Waals surface area contributed by atoms with Crippen molar-refractivity contribution in [2.45, 2.75) is 17.9 Å². The number of aryl methyl sites for hydroxylation is 1. The molecule has 24 heavy (non-hydrogen) atoms. The molecule has 0 spiro atoms. The number of aliphatic imine (C=N–C) groups is 1. The van der Waals surface area contributed by atoms with E-state index < -0.39 is 0 Å². The molecule has 1 aromatic heterocycles. The zero-order chi connectivity index (χ0) is 16.3. The van der Waals surface area contributed by atoms with Gasteiger partial charge in [-0.25, -0.2) is 4.39 Å². The molecule has 5 nitrogen and oxygen atoms in total. The average molecular weight is 463 g/mol. The van der Waals surface area contributed by atoms with Gasteiger partial charge in [0.25, 0.3) is 0 Å². The van der Waals surface area contributed by atoms with Crippen molar-refractivity contribution < 1.29 is 4.39 Å². The molecule has 132 valence electrons. The van der Waals surface area contributed by atoms with Crippen LogP contribution in [0.4, 0.5) is 4.39 Å². The van der Waals surface area contributed by atoms with Crippen LogP contribution in [0, 0.1) is 5.82 Å². The molecular weight excluding hydrogens is 440 g/mol. The van der Waals surface area contributed by atoms with Gasteiger partial charge in [-0.2, -0.15) is 5.10 Å². The van der Waals surface area contributed by atoms with Gasteiger partial charge in [-0.1, -0.05) is 0 Å². The van der Waals surface area contributed by atoms with Crippen molar-refractivity contribution in [3.8, 4) is 0 Å². The number of benzene rings is 1. The Morgan fingerprint density at radius 3 is 2.67 bits per heavy atom. The Bertz CT molecular complexity index is 589. The first-order valence-corrected chi connectivity index (χ1v) is 8.57. The van der Waals surface area contributed by atoms with Crippen LogP contribution in [0.2, 0.25) is 0 Å². The summed E-state index contributed by atoms with van der Waals surface area (Å²) in [5.41, 5.74) is 0. The van der Waals surface area contributed by atoms with Gasteiger partial charge in [0.05, 0.1) is 0 Å². The fraction of sp³-hybridized carbons (Fsp3) is 0.375. The Morgan fingerprint density at radius 1 is 1.25 bits per heavy atom. The average Bonchev–Trinajstić information content (AvgIpc) is 3.08. The predicted molar refractivity (Wildman–Crippen MR) is 109 cm³/mol. The number of thioether (sulfide) groups is 1. The SMILES string of the molecule is CN=C(NCCCn1cccn1)NCCSc1ccc(F)cc1.I. The zero-order valence-corrected chi connectivity index (χ0v) is 16.8. The first-order valence-electron chi connectivity index (χ1n) is 7.58. The molecule has 0 radical (unpaired) electrons. The number of hydrogen-bond acceptors (Lipinski definition) is 3. The van der Waals surface area contributed by atoms with Crippen molar-refractivity contribution in [2.24, 2.45) is 4.99 Å². The van der Waals surface area contributed by atoms with Gasteiger partial charge in [-0.3, -0.25) is 9.67 Å². The van der Waals surface area contributed by atoms with Gasteiger partial charge in [0.15, 0.2) is 5.96 Å². The Morgan fingerprint density at radius 2 is 2.00 bits per heavy atom. The summed E-state index contributed by atoms with van der Waals surface area (Å²) in [6.45, 7) is 2.52. The van der Waals surface area contributed by atoms with Crippen LogP contribution in [-0.2, 0) is 6.54 Å². The Labute approximate surface area is 163 Å². The number of guanidine groups is 1. The lowest BCUT2D eigenvalue weighted by Crippen LogP contribution is -2.39. The second kappa shape index (κ2) is 12.1. The first-order chi connectivity index (χ1) is 11.3. The number of aromatic nitrogens is 2. The van der Waals surface area contributed by atoms with Crippen LogP contribution in [0.1, 0.15) is 6.42 Å². The Balaban J connectivity index is 0.00000288. The number of halogens is 2. The summed E-state index contributed by atoms with van der Waals surface area (Å²) in [6, 6.07) is 8.48. The molecule has 1 aromatic carbocycles. The van der Waals surface area contributed by atoms with Crippen molar-refractivity contribution in [2.75, 3.05) is 25.9 Å². The van der Waals surface area contributed by atoms with Gasteiger partial charge in [0.2, 0.25) is 0 Å². The van der Waals surface area contributed by atoms with Gasteiger partial charge in [0, 0.05) is 49.7 Å². The lowest BCUT2D eigenvalue weighted by Gasteiger charge is -2.11. The smallest absolute Gasteiger partial charge is 0.191 e. The fourth-order valence-electron chi connectivity index (χ4n) is 1.97. The Kier molecular flexibility index (Phi) is 10.5. The molecule has 8 heteroatoms. The molecule has 0 bridgehead atoms. The van der Waals surface area contributed by atoms with Crippen molar-refractivity contribution >= 4 is 41.7 Å². The summed E-state index contributed by atoms with van der Waals surface area (Å²) < 4.78 is 14.7. The number of rotatable bonds is 8. The van der Waals surface area contributed by atoms with Gasteiger partial charge >= 0.3 is 0 Å². The maximum absolute atomic E-state index is 12.8. The molecule has 2 N–H and O–H groups in total. The van der Waals surface area contributed by atoms with Gasteiger partial charge in [-0.05, 0) is 36.8 Å². The third kappa shape index (κ3) is 8.00. The van der Waals surface area contributed by atoms with E-state index in [2.05, 4.69) is 20.7 Å². The highest BCUT2D eigenvalue weighted by Crippen LogP contribution is 2.17. The summed E-state index contributed by atoms with van der Waals surface area (Å²) in [5, 5.41) is 10.7. The minimum Gasteiger partial charge on any atom is -0.356 e. The van der Waals surface area contributed by atoms with E-state index in [1.165, 1.54) is 12.1 Å². The lowest BCUT2D eigenvalue weighted by molar-refractivity contribution is 0.570. The van der Waals surface area contributed by atoms with E-state index in [1.807, 2.05) is 16.9 Å². The first kappa shape index (κ1) is 20.8. The van der Waals surface area contributed by atoms with Crippen LogP contribution in [0.25, 0.3) is 0 Å². The molecule has 0 saturated heterocycles. The third-order valence-corrected chi connectivity index (χ3v) is 4.13. The van der Waals surface area contributed by atoms with E-state index in [0.717, 1.165) is 42.7 Å². The predicted octanol–water partition coefficient (Wildman–Crippen LogP) is 2.99. The van der Waals surface area contributed by atoms with Crippen LogP contribution >= 0.6 is 35.7 Å². The van der Waals surface area contributed by atoms with E-state index >= 15 is 0 Å². The summed E-state index contributed by atoms with van der Waals surface area (Å²) >= 11 is 1.68. The van der Waals surface area contributed by atoms with E-state index in [0.29, 0.717) is 0 Å².